The van der Waals surface area contributed by atoms with Crippen LogP contribution in [0.2, 0.25) is 0 Å². The van der Waals surface area contributed by atoms with Crippen LogP contribution < -0.4 is 0 Å². The van der Waals surface area contributed by atoms with Gasteiger partial charge in [-0.15, -0.1) is 11.3 Å². The molecule has 0 unspecified atom stereocenters. The van der Waals surface area contributed by atoms with Crippen LogP contribution >= 0.6 is 11.3 Å². The summed E-state index contributed by atoms with van der Waals surface area (Å²) < 4.78 is 1.29. The van der Waals surface area contributed by atoms with Crippen molar-refractivity contribution < 1.29 is 0 Å². The molecular weight excluding hydrogens is 370 g/mol. The Labute approximate surface area is 187 Å². The first-order chi connectivity index (χ1) is 13.1. The van der Waals surface area contributed by atoms with E-state index in [4.69, 9.17) is 0 Å². The van der Waals surface area contributed by atoms with Crippen molar-refractivity contribution in [3.8, 4) is 0 Å². The van der Waals surface area contributed by atoms with Crippen LogP contribution in [-0.4, -0.2) is 4.98 Å². The number of hydrogen-bond donors (Lipinski definition) is 0. The molecule has 0 radical (unpaired) electrons. The van der Waals surface area contributed by atoms with Crippen LogP contribution in [0.4, 0.5) is 0 Å². The number of rotatable bonds is 2. The summed E-state index contributed by atoms with van der Waals surface area (Å²) in [6, 6.07) is 18.8. The van der Waals surface area contributed by atoms with Gasteiger partial charge in [0, 0.05) is 5.92 Å². The van der Waals surface area contributed by atoms with E-state index in [9.17, 15) is 0 Å². The van der Waals surface area contributed by atoms with Crippen LogP contribution in [0.15, 0.2) is 54.6 Å². The standard InChI is InChI=1S/C10H11NS.C9H12.3C2H6.2CH4/c1-7(2)10-11-8-5-3-4-6-9(8)12-10;1-8(2)9-6-4-3-5-7-9;3*1-2;;/h3-7H,1-2H3;3-8H,1-2H3;3*1-2H3;2*1H4. The van der Waals surface area contributed by atoms with Gasteiger partial charge in [-0.3, -0.25) is 0 Å². The molecule has 0 fully saturated rings. The van der Waals surface area contributed by atoms with Gasteiger partial charge < -0.3 is 0 Å². The molecule has 0 bridgehead atoms. The molecule has 0 N–H and O–H groups in total. The fourth-order valence-electron chi connectivity index (χ4n) is 1.97. The van der Waals surface area contributed by atoms with Crippen LogP contribution in [0.5, 0.6) is 0 Å². The Balaban J connectivity index is -0.000000166. The third-order valence-corrected chi connectivity index (χ3v) is 4.61. The van der Waals surface area contributed by atoms with Crippen LogP contribution in [0.1, 0.15) is 106 Å². The monoisotopic (exact) mass is 419 g/mol. The summed E-state index contributed by atoms with van der Waals surface area (Å²) in [5, 5.41) is 1.23. The molecule has 3 rings (SSSR count). The molecule has 1 nitrogen and oxygen atoms in total. The van der Waals surface area contributed by atoms with E-state index in [2.05, 4.69) is 75.1 Å². The minimum Gasteiger partial charge on any atom is -0.241 e. The SMILES string of the molecule is C.C.CC.CC.CC.CC(C)c1ccccc1.CC(C)c1nc2ccccc2s1. The Bertz CT molecular complexity index is 636. The molecule has 0 saturated heterocycles. The first-order valence-electron chi connectivity index (χ1n) is 10.5. The molecule has 1 aromatic heterocycles. The van der Waals surface area contributed by atoms with Crippen molar-refractivity contribution in [3.05, 3.63) is 65.2 Å². The van der Waals surface area contributed by atoms with E-state index in [0.717, 1.165) is 5.52 Å². The minimum atomic E-state index is 0. The van der Waals surface area contributed by atoms with Gasteiger partial charge in [-0.05, 0) is 23.6 Å². The van der Waals surface area contributed by atoms with Crippen molar-refractivity contribution in [3.63, 3.8) is 0 Å². The molecule has 0 aliphatic carbocycles. The predicted molar refractivity (Wildman–Crippen MR) is 142 cm³/mol. The highest BCUT2D eigenvalue weighted by molar-refractivity contribution is 7.18. The molecule has 0 aliphatic rings. The number of benzene rings is 2. The second-order valence-corrected chi connectivity index (χ2v) is 6.80. The van der Waals surface area contributed by atoms with Gasteiger partial charge in [0.1, 0.15) is 0 Å². The lowest BCUT2D eigenvalue weighted by Crippen LogP contribution is -1.83. The maximum atomic E-state index is 4.53. The summed E-state index contributed by atoms with van der Waals surface area (Å²) >= 11 is 1.79. The highest BCUT2D eigenvalue weighted by Gasteiger charge is 2.05. The van der Waals surface area contributed by atoms with Crippen molar-refractivity contribution in [1.82, 2.24) is 4.98 Å². The summed E-state index contributed by atoms with van der Waals surface area (Å²) in [4.78, 5) is 4.53. The lowest BCUT2D eigenvalue weighted by molar-refractivity contribution is 0.857. The van der Waals surface area contributed by atoms with Crippen LogP contribution in [-0.2, 0) is 0 Å². The van der Waals surface area contributed by atoms with Gasteiger partial charge >= 0.3 is 0 Å². The average molecular weight is 420 g/mol. The molecule has 0 amide bonds. The third kappa shape index (κ3) is 14.0. The molecular formula is C27H49NS. The van der Waals surface area contributed by atoms with E-state index in [1.807, 2.05) is 53.7 Å². The van der Waals surface area contributed by atoms with Crippen molar-refractivity contribution in [1.29, 1.82) is 0 Å². The minimum absolute atomic E-state index is 0. The normalized spacial score (nSPS) is 8.41. The quantitative estimate of drug-likeness (QED) is 0.402. The van der Waals surface area contributed by atoms with E-state index in [1.54, 1.807) is 11.3 Å². The second kappa shape index (κ2) is 22.6. The fourth-order valence-corrected chi connectivity index (χ4v) is 2.94. The lowest BCUT2D eigenvalue weighted by Gasteiger charge is -2.01. The second-order valence-electron chi connectivity index (χ2n) is 5.74. The zero-order valence-corrected chi connectivity index (χ0v) is 20.0. The van der Waals surface area contributed by atoms with Crippen LogP contribution in [0, 0.1) is 0 Å². The Morgan fingerprint density at radius 3 is 1.45 bits per heavy atom. The molecule has 1 heterocycles. The first-order valence-corrected chi connectivity index (χ1v) is 11.3. The van der Waals surface area contributed by atoms with E-state index in [-0.39, 0.29) is 14.9 Å². The largest absolute Gasteiger partial charge is 0.241 e. The average Bonchev–Trinajstić information content (AvgIpc) is 3.18. The molecule has 0 spiro atoms. The Morgan fingerprint density at radius 2 is 1.07 bits per heavy atom. The van der Waals surface area contributed by atoms with Gasteiger partial charge in [0.05, 0.1) is 15.2 Å². The summed E-state index contributed by atoms with van der Waals surface area (Å²) in [7, 11) is 0. The highest BCUT2D eigenvalue weighted by Crippen LogP contribution is 2.26. The Kier molecular flexibility index (Phi) is 27.1. The van der Waals surface area contributed by atoms with Gasteiger partial charge in [-0.2, -0.15) is 0 Å². The molecule has 168 valence electrons. The summed E-state index contributed by atoms with van der Waals surface area (Å²) in [6.07, 6.45) is 0. The van der Waals surface area contributed by atoms with E-state index in [0.29, 0.717) is 11.8 Å². The van der Waals surface area contributed by atoms with Gasteiger partial charge in [-0.1, -0.05) is 127 Å². The number of para-hydroxylation sites is 1. The van der Waals surface area contributed by atoms with Crippen LogP contribution in [0.3, 0.4) is 0 Å². The molecule has 2 aromatic carbocycles. The fraction of sp³-hybridized carbons (Fsp3) is 0.519. The maximum Gasteiger partial charge on any atom is 0.0963 e. The molecule has 0 aliphatic heterocycles. The van der Waals surface area contributed by atoms with Crippen molar-refractivity contribution in [2.75, 3.05) is 0 Å². The lowest BCUT2D eigenvalue weighted by atomic mass is 10.0. The predicted octanol–water partition coefficient (Wildman–Crippen LogP) is 10.6. The molecule has 2 heteroatoms. The van der Waals surface area contributed by atoms with Crippen molar-refractivity contribution >= 4 is 21.6 Å². The van der Waals surface area contributed by atoms with Crippen molar-refractivity contribution in [2.45, 2.75) is 95.9 Å². The van der Waals surface area contributed by atoms with E-state index >= 15 is 0 Å². The molecule has 0 saturated carbocycles. The van der Waals surface area contributed by atoms with Gasteiger partial charge in [-0.25, -0.2) is 4.98 Å². The topological polar surface area (TPSA) is 12.9 Å². The summed E-state index contributed by atoms with van der Waals surface area (Å²) in [5.74, 6) is 1.20. The number of hydrogen-bond acceptors (Lipinski definition) is 2. The zero-order chi connectivity index (χ0) is 21.2. The van der Waals surface area contributed by atoms with Gasteiger partial charge in [0.2, 0.25) is 0 Å². The first kappa shape index (κ1) is 34.8. The summed E-state index contributed by atoms with van der Waals surface area (Å²) in [6.45, 7) is 20.8. The van der Waals surface area contributed by atoms with Crippen molar-refractivity contribution in [2.24, 2.45) is 0 Å². The summed E-state index contributed by atoms with van der Waals surface area (Å²) in [5.41, 5.74) is 2.55. The number of nitrogens with zero attached hydrogens (tertiary/aromatic N) is 1. The Hall–Kier alpha value is -1.67. The number of thiazole rings is 1. The Morgan fingerprint density at radius 1 is 0.621 bits per heavy atom. The smallest absolute Gasteiger partial charge is 0.0963 e. The van der Waals surface area contributed by atoms with Crippen LogP contribution in [0.25, 0.3) is 10.2 Å². The number of aromatic nitrogens is 1. The van der Waals surface area contributed by atoms with Gasteiger partial charge in [0.25, 0.3) is 0 Å². The number of fused-ring (bicyclic) bond motifs is 1. The molecule has 3 aromatic rings. The molecule has 0 atom stereocenters. The third-order valence-electron chi connectivity index (χ3n) is 3.27. The van der Waals surface area contributed by atoms with E-state index in [1.165, 1.54) is 15.3 Å². The molecule has 29 heavy (non-hydrogen) atoms. The maximum absolute atomic E-state index is 4.53. The zero-order valence-electron chi connectivity index (χ0n) is 19.2. The highest BCUT2D eigenvalue weighted by atomic mass is 32.1. The van der Waals surface area contributed by atoms with Gasteiger partial charge in [0.15, 0.2) is 0 Å². The van der Waals surface area contributed by atoms with E-state index < -0.39 is 0 Å².